The number of carbonyl (C=O) groups is 1. The Hall–Kier alpha value is -2.92. The van der Waals surface area contributed by atoms with Crippen LogP contribution in [-0.4, -0.2) is 25.2 Å². The molecule has 1 atom stereocenters. The van der Waals surface area contributed by atoms with Crippen LogP contribution in [0.15, 0.2) is 53.5 Å². The van der Waals surface area contributed by atoms with Gasteiger partial charge < -0.3 is 10.2 Å². The third-order valence-corrected chi connectivity index (χ3v) is 8.94. The second-order valence-electron chi connectivity index (χ2n) is 11.3. The van der Waals surface area contributed by atoms with Crippen molar-refractivity contribution in [3.8, 4) is 0 Å². The summed E-state index contributed by atoms with van der Waals surface area (Å²) in [5.41, 5.74) is 6.64. The zero-order valence-corrected chi connectivity index (χ0v) is 22.8. The van der Waals surface area contributed by atoms with Crippen LogP contribution in [-0.2, 0) is 12.8 Å². The molecule has 2 aromatic carbocycles. The number of hydrogen-bond donors (Lipinski definition) is 1. The summed E-state index contributed by atoms with van der Waals surface area (Å²) in [5, 5.41) is 3.94. The number of anilines is 2. The molecule has 1 aromatic heterocycles. The number of hydrogen-bond acceptors (Lipinski definition) is 4. The minimum atomic E-state index is -0.0545. The monoisotopic (exact) mass is 499 g/mol. The van der Waals surface area contributed by atoms with E-state index in [1.165, 1.54) is 34.5 Å². The van der Waals surface area contributed by atoms with Crippen LogP contribution in [0.1, 0.15) is 72.0 Å². The number of rotatable bonds is 5. The minimum Gasteiger partial charge on any atom is -0.372 e. The van der Waals surface area contributed by atoms with Crippen molar-refractivity contribution < 1.29 is 4.79 Å². The van der Waals surface area contributed by atoms with Crippen LogP contribution < -0.4 is 10.2 Å². The Morgan fingerprint density at radius 1 is 1.11 bits per heavy atom. The zero-order valence-electron chi connectivity index (χ0n) is 21.9. The maximum atomic E-state index is 13.5. The van der Waals surface area contributed by atoms with Gasteiger partial charge in [0, 0.05) is 35.6 Å². The third kappa shape index (κ3) is 5.27. The number of nitrogens with zero attached hydrogens (tertiary/aromatic N) is 2. The number of aryl methyl sites for hydroxylation is 1. The summed E-state index contributed by atoms with van der Waals surface area (Å²) in [6.45, 7) is 11.4. The Balaban J connectivity index is 1.46. The summed E-state index contributed by atoms with van der Waals surface area (Å²) >= 11 is 1.70. The van der Waals surface area contributed by atoms with E-state index >= 15 is 0 Å². The molecule has 1 saturated heterocycles. The van der Waals surface area contributed by atoms with Crippen LogP contribution in [0.5, 0.6) is 0 Å². The number of fused-ring (bicyclic) bond motifs is 1. The van der Waals surface area contributed by atoms with Crippen LogP contribution in [0.25, 0.3) is 0 Å². The van der Waals surface area contributed by atoms with Gasteiger partial charge in [-0.05, 0) is 91.3 Å². The average Bonchev–Trinajstić information content (AvgIpc) is 3.51. The standard InChI is InChI=1S/C31H37N3OS/c1-21-18-25(34-16-8-9-17-34)14-12-22(21)20-32-30-28(29(35)33-24-10-6-5-7-11-24)26-15-13-23(31(2,3)4)19-27(26)36-30/h5-7,10-12,14,18,20,23H,8-9,13,15-17,19H2,1-4H3,(H,33,35)/t23-/m1/s1. The van der Waals surface area contributed by atoms with Gasteiger partial charge in [-0.2, -0.15) is 0 Å². The molecule has 1 aliphatic carbocycles. The zero-order chi connectivity index (χ0) is 25.3. The average molecular weight is 500 g/mol. The second kappa shape index (κ2) is 10.2. The number of aliphatic imine (C=N–C) groups is 1. The van der Waals surface area contributed by atoms with E-state index in [-0.39, 0.29) is 11.3 Å². The smallest absolute Gasteiger partial charge is 0.259 e. The Morgan fingerprint density at radius 3 is 2.56 bits per heavy atom. The molecule has 2 heterocycles. The van der Waals surface area contributed by atoms with Crippen molar-refractivity contribution in [1.82, 2.24) is 0 Å². The first-order chi connectivity index (χ1) is 17.3. The normalized spacial score (nSPS) is 18.0. The quantitative estimate of drug-likeness (QED) is 0.364. The molecule has 3 aromatic rings. The Bertz CT molecular complexity index is 1260. The molecule has 36 heavy (non-hydrogen) atoms. The summed E-state index contributed by atoms with van der Waals surface area (Å²) < 4.78 is 0. The fourth-order valence-electron chi connectivity index (χ4n) is 5.46. The van der Waals surface area contributed by atoms with Gasteiger partial charge in [0.1, 0.15) is 5.00 Å². The molecular formula is C31H37N3OS. The second-order valence-corrected chi connectivity index (χ2v) is 12.4. The number of nitrogens with one attached hydrogen (secondary N) is 1. The molecule has 0 spiro atoms. The highest BCUT2D eigenvalue weighted by molar-refractivity contribution is 7.16. The molecule has 5 rings (SSSR count). The fraction of sp³-hybridized carbons (Fsp3) is 0.419. The topological polar surface area (TPSA) is 44.7 Å². The van der Waals surface area contributed by atoms with E-state index in [1.807, 2.05) is 36.5 Å². The number of carbonyl (C=O) groups excluding carboxylic acids is 1. The van der Waals surface area contributed by atoms with E-state index < -0.39 is 0 Å². The lowest BCUT2D eigenvalue weighted by molar-refractivity contribution is 0.102. The van der Waals surface area contributed by atoms with Crippen LogP contribution >= 0.6 is 11.3 Å². The Kier molecular flexibility index (Phi) is 7.03. The van der Waals surface area contributed by atoms with Gasteiger partial charge in [-0.15, -0.1) is 11.3 Å². The molecule has 0 saturated carbocycles. The highest BCUT2D eigenvalue weighted by atomic mass is 32.1. The lowest BCUT2D eigenvalue weighted by Gasteiger charge is -2.33. The number of amides is 1. The van der Waals surface area contributed by atoms with Gasteiger partial charge in [-0.1, -0.05) is 45.0 Å². The summed E-state index contributed by atoms with van der Waals surface area (Å²) in [5.74, 6) is 0.562. The van der Waals surface area contributed by atoms with Crippen molar-refractivity contribution in [3.05, 3.63) is 75.7 Å². The lowest BCUT2D eigenvalue weighted by Crippen LogP contribution is -2.27. The van der Waals surface area contributed by atoms with Gasteiger partial charge >= 0.3 is 0 Å². The molecule has 1 aliphatic heterocycles. The lowest BCUT2D eigenvalue weighted by atomic mass is 9.72. The molecule has 1 fully saturated rings. The number of para-hydroxylation sites is 1. The van der Waals surface area contributed by atoms with Gasteiger partial charge in [0.15, 0.2) is 0 Å². The van der Waals surface area contributed by atoms with E-state index in [9.17, 15) is 4.79 Å². The molecule has 4 nitrogen and oxygen atoms in total. The minimum absolute atomic E-state index is 0.0545. The summed E-state index contributed by atoms with van der Waals surface area (Å²) in [6.07, 6.45) is 7.56. The Labute approximate surface area is 219 Å². The van der Waals surface area contributed by atoms with Crippen molar-refractivity contribution in [1.29, 1.82) is 0 Å². The fourth-order valence-corrected chi connectivity index (χ4v) is 6.72. The van der Waals surface area contributed by atoms with Crippen LogP contribution in [0.4, 0.5) is 16.4 Å². The SMILES string of the molecule is Cc1cc(N2CCCC2)ccc1C=Nc1sc2c(c1C(=O)Nc1ccccc1)CC[C@@H](C(C)(C)C)C2. The van der Waals surface area contributed by atoms with Gasteiger partial charge in [0.25, 0.3) is 5.91 Å². The predicted octanol–water partition coefficient (Wildman–Crippen LogP) is 7.81. The van der Waals surface area contributed by atoms with Crippen LogP contribution in [0.2, 0.25) is 0 Å². The van der Waals surface area contributed by atoms with Gasteiger partial charge in [-0.25, -0.2) is 4.99 Å². The van der Waals surface area contributed by atoms with E-state index in [1.54, 1.807) is 11.3 Å². The van der Waals surface area contributed by atoms with Crippen molar-refractivity contribution in [2.24, 2.45) is 16.3 Å². The van der Waals surface area contributed by atoms with Crippen molar-refractivity contribution in [2.45, 2.75) is 59.8 Å². The molecule has 188 valence electrons. The molecule has 1 amide bonds. The largest absolute Gasteiger partial charge is 0.372 e. The molecule has 0 radical (unpaired) electrons. The number of benzene rings is 2. The van der Waals surface area contributed by atoms with E-state index in [4.69, 9.17) is 4.99 Å². The van der Waals surface area contributed by atoms with Crippen LogP contribution in [0, 0.1) is 18.3 Å². The first kappa shape index (κ1) is 24.8. The van der Waals surface area contributed by atoms with Gasteiger partial charge in [-0.3, -0.25) is 4.79 Å². The molecule has 5 heteroatoms. The van der Waals surface area contributed by atoms with Crippen molar-refractivity contribution in [2.75, 3.05) is 23.3 Å². The van der Waals surface area contributed by atoms with Gasteiger partial charge in [0.05, 0.1) is 5.56 Å². The first-order valence-corrected chi connectivity index (χ1v) is 14.0. The summed E-state index contributed by atoms with van der Waals surface area (Å²) in [7, 11) is 0. The maximum Gasteiger partial charge on any atom is 0.259 e. The third-order valence-electron chi connectivity index (χ3n) is 7.78. The van der Waals surface area contributed by atoms with Crippen molar-refractivity contribution >= 4 is 39.8 Å². The highest BCUT2D eigenvalue weighted by Gasteiger charge is 2.33. The molecule has 0 unspecified atom stereocenters. The van der Waals surface area contributed by atoms with Gasteiger partial charge in [0.2, 0.25) is 0 Å². The van der Waals surface area contributed by atoms with Crippen molar-refractivity contribution in [3.63, 3.8) is 0 Å². The van der Waals surface area contributed by atoms with E-state index in [0.717, 1.165) is 54.2 Å². The molecular weight excluding hydrogens is 462 g/mol. The molecule has 1 N–H and O–H groups in total. The summed E-state index contributed by atoms with van der Waals surface area (Å²) in [6, 6.07) is 16.3. The summed E-state index contributed by atoms with van der Waals surface area (Å²) in [4.78, 5) is 22.3. The van der Waals surface area contributed by atoms with Crippen LogP contribution in [0.3, 0.4) is 0 Å². The maximum absolute atomic E-state index is 13.5. The predicted molar refractivity (Wildman–Crippen MR) is 154 cm³/mol. The van der Waals surface area contributed by atoms with E-state index in [0.29, 0.717) is 5.92 Å². The van der Waals surface area contributed by atoms with E-state index in [2.05, 4.69) is 56.1 Å². The molecule has 2 aliphatic rings. The highest BCUT2D eigenvalue weighted by Crippen LogP contribution is 2.45. The number of thiophene rings is 1. The molecule has 0 bridgehead atoms. The Morgan fingerprint density at radius 2 is 1.86 bits per heavy atom. The first-order valence-electron chi connectivity index (χ1n) is 13.2.